The molecule has 0 fully saturated rings. The van der Waals surface area contributed by atoms with Crippen molar-refractivity contribution in [3.63, 3.8) is 0 Å². The molecule has 1 aromatic heterocycles. The maximum Gasteiger partial charge on any atom is 0.222 e. The number of hydrogen-bond acceptors (Lipinski definition) is 4. The van der Waals surface area contributed by atoms with E-state index < -0.39 is 11.6 Å². The van der Waals surface area contributed by atoms with Crippen molar-refractivity contribution >= 4 is 22.7 Å². The monoisotopic (exact) mass is 196 g/mol. The van der Waals surface area contributed by atoms with E-state index in [9.17, 15) is 8.78 Å². The van der Waals surface area contributed by atoms with E-state index in [1.54, 1.807) is 0 Å². The summed E-state index contributed by atoms with van der Waals surface area (Å²) in [5.41, 5.74) is 10.9. The first-order valence-corrected chi connectivity index (χ1v) is 3.75. The highest BCUT2D eigenvalue weighted by Gasteiger charge is 2.08. The summed E-state index contributed by atoms with van der Waals surface area (Å²) in [4.78, 5) is 7.35. The van der Waals surface area contributed by atoms with Gasteiger partial charge in [0.15, 0.2) is 11.6 Å². The van der Waals surface area contributed by atoms with Crippen molar-refractivity contribution in [2.75, 3.05) is 11.5 Å². The van der Waals surface area contributed by atoms with E-state index >= 15 is 0 Å². The fourth-order valence-electron chi connectivity index (χ4n) is 1.17. The van der Waals surface area contributed by atoms with Crippen molar-refractivity contribution in [2.45, 2.75) is 0 Å². The summed E-state index contributed by atoms with van der Waals surface area (Å²) in [6, 6.07) is 1.87. The minimum atomic E-state index is -0.991. The zero-order valence-electron chi connectivity index (χ0n) is 6.96. The highest BCUT2D eigenvalue weighted by molar-refractivity contribution is 5.88. The van der Waals surface area contributed by atoms with E-state index in [2.05, 4.69) is 9.97 Å². The lowest BCUT2D eigenvalue weighted by molar-refractivity contribution is 0.510. The van der Waals surface area contributed by atoms with Gasteiger partial charge in [-0.15, -0.1) is 0 Å². The molecule has 1 aromatic carbocycles. The predicted octanol–water partition coefficient (Wildman–Crippen LogP) is 1.07. The number of halogens is 2. The molecule has 2 aromatic rings. The normalized spacial score (nSPS) is 10.7. The molecule has 0 unspecified atom stereocenters. The van der Waals surface area contributed by atoms with Crippen LogP contribution in [-0.4, -0.2) is 9.97 Å². The van der Waals surface area contributed by atoms with Gasteiger partial charge in [0.2, 0.25) is 5.95 Å². The molecule has 2 rings (SSSR count). The molecule has 72 valence electrons. The minimum Gasteiger partial charge on any atom is -0.383 e. The number of nitrogens with zero attached hydrogens (tertiary/aromatic N) is 2. The van der Waals surface area contributed by atoms with Gasteiger partial charge >= 0.3 is 0 Å². The molecule has 4 nitrogen and oxygen atoms in total. The van der Waals surface area contributed by atoms with Crippen LogP contribution in [0.25, 0.3) is 10.9 Å². The first kappa shape index (κ1) is 8.61. The van der Waals surface area contributed by atoms with Crippen molar-refractivity contribution in [1.82, 2.24) is 9.97 Å². The quantitative estimate of drug-likeness (QED) is 0.660. The van der Waals surface area contributed by atoms with Crippen LogP contribution in [0.4, 0.5) is 20.5 Å². The van der Waals surface area contributed by atoms with Crippen LogP contribution in [0.3, 0.4) is 0 Å². The van der Waals surface area contributed by atoms with Crippen LogP contribution in [0, 0.1) is 11.6 Å². The Bertz CT molecular complexity index is 512. The van der Waals surface area contributed by atoms with Gasteiger partial charge in [0, 0.05) is 11.5 Å². The molecule has 0 bridgehead atoms. The lowest BCUT2D eigenvalue weighted by Gasteiger charge is -2.02. The molecule has 0 aliphatic carbocycles. The van der Waals surface area contributed by atoms with Gasteiger partial charge in [-0.3, -0.25) is 0 Å². The number of nitrogens with two attached hydrogens (primary N) is 2. The summed E-state index contributed by atoms with van der Waals surface area (Å²) in [5.74, 6) is -2.01. The topological polar surface area (TPSA) is 77.8 Å². The molecule has 0 radical (unpaired) electrons. The number of aromatic nitrogens is 2. The van der Waals surface area contributed by atoms with Crippen LogP contribution >= 0.6 is 0 Å². The second-order valence-electron chi connectivity index (χ2n) is 2.75. The maximum atomic E-state index is 12.8. The second kappa shape index (κ2) is 2.76. The second-order valence-corrected chi connectivity index (χ2v) is 2.75. The number of fused-ring (bicyclic) bond motifs is 1. The van der Waals surface area contributed by atoms with E-state index in [0.29, 0.717) is 0 Å². The average Bonchev–Trinajstić information content (AvgIpc) is 2.08. The summed E-state index contributed by atoms with van der Waals surface area (Å²) in [6.07, 6.45) is 0. The molecular weight excluding hydrogens is 190 g/mol. The fourth-order valence-corrected chi connectivity index (χ4v) is 1.17. The Kier molecular flexibility index (Phi) is 1.70. The SMILES string of the molecule is Nc1nc(N)c2cc(F)c(F)cc2n1. The Balaban J connectivity index is 2.89. The maximum absolute atomic E-state index is 12.8. The third kappa shape index (κ3) is 1.20. The van der Waals surface area contributed by atoms with Gasteiger partial charge in [-0.25, -0.2) is 13.8 Å². The number of benzene rings is 1. The van der Waals surface area contributed by atoms with E-state index in [4.69, 9.17) is 11.5 Å². The van der Waals surface area contributed by atoms with E-state index in [1.807, 2.05) is 0 Å². The number of anilines is 2. The van der Waals surface area contributed by atoms with Crippen LogP contribution in [0.2, 0.25) is 0 Å². The van der Waals surface area contributed by atoms with Gasteiger partial charge in [-0.05, 0) is 6.07 Å². The van der Waals surface area contributed by atoms with Gasteiger partial charge in [0.1, 0.15) is 5.82 Å². The lowest BCUT2D eigenvalue weighted by atomic mass is 10.2. The molecular formula is C8H6F2N4. The van der Waals surface area contributed by atoms with Crippen LogP contribution in [0.1, 0.15) is 0 Å². The van der Waals surface area contributed by atoms with Crippen molar-refractivity contribution < 1.29 is 8.78 Å². The first-order chi connectivity index (χ1) is 6.58. The minimum absolute atomic E-state index is 0.0337. The lowest BCUT2D eigenvalue weighted by Crippen LogP contribution is -2.01. The molecule has 6 heteroatoms. The summed E-state index contributed by atoms with van der Waals surface area (Å²) < 4.78 is 25.6. The number of nitrogen functional groups attached to an aromatic ring is 2. The Morgan fingerprint density at radius 2 is 1.64 bits per heavy atom. The third-order valence-electron chi connectivity index (χ3n) is 1.78. The number of rotatable bonds is 0. The van der Waals surface area contributed by atoms with Crippen LogP contribution in [-0.2, 0) is 0 Å². The molecule has 0 amide bonds. The van der Waals surface area contributed by atoms with Gasteiger partial charge < -0.3 is 11.5 Å². The molecule has 4 N–H and O–H groups in total. The highest BCUT2D eigenvalue weighted by Crippen LogP contribution is 2.21. The van der Waals surface area contributed by atoms with Crippen molar-refractivity contribution in [3.05, 3.63) is 23.8 Å². The van der Waals surface area contributed by atoms with Crippen LogP contribution < -0.4 is 11.5 Å². The first-order valence-electron chi connectivity index (χ1n) is 3.75. The van der Waals surface area contributed by atoms with E-state index in [1.165, 1.54) is 0 Å². The van der Waals surface area contributed by atoms with Gasteiger partial charge in [-0.1, -0.05) is 0 Å². The van der Waals surface area contributed by atoms with Crippen LogP contribution in [0.15, 0.2) is 12.1 Å². The Morgan fingerprint density at radius 1 is 1.00 bits per heavy atom. The Hall–Kier alpha value is -1.98. The smallest absolute Gasteiger partial charge is 0.222 e. The zero-order chi connectivity index (χ0) is 10.3. The summed E-state index contributed by atoms with van der Waals surface area (Å²) in [6.45, 7) is 0. The highest BCUT2D eigenvalue weighted by atomic mass is 19.2. The summed E-state index contributed by atoms with van der Waals surface area (Å²) in [7, 11) is 0. The molecule has 0 spiro atoms. The molecule has 14 heavy (non-hydrogen) atoms. The molecule has 0 saturated heterocycles. The average molecular weight is 196 g/mol. The van der Waals surface area contributed by atoms with Gasteiger partial charge in [-0.2, -0.15) is 4.98 Å². The van der Waals surface area contributed by atoms with E-state index in [0.717, 1.165) is 12.1 Å². The molecule has 1 heterocycles. The third-order valence-corrected chi connectivity index (χ3v) is 1.78. The van der Waals surface area contributed by atoms with Gasteiger partial charge in [0.25, 0.3) is 0 Å². The summed E-state index contributed by atoms with van der Waals surface area (Å²) in [5, 5.41) is 0.248. The molecule has 0 aliphatic rings. The van der Waals surface area contributed by atoms with E-state index in [-0.39, 0.29) is 22.7 Å². The van der Waals surface area contributed by atoms with Gasteiger partial charge in [0.05, 0.1) is 5.52 Å². The molecule has 0 saturated carbocycles. The summed E-state index contributed by atoms with van der Waals surface area (Å²) >= 11 is 0. The van der Waals surface area contributed by atoms with Crippen molar-refractivity contribution in [3.8, 4) is 0 Å². The van der Waals surface area contributed by atoms with Crippen molar-refractivity contribution in [2.24, 2.45) is 0 Å². The largest absolute Gasteiger partial charge is 0.383 e. The Labute approximate surface area is 77.6 Å². The zero-order valence-corrected chi connectivity index (χ0v) is 6.96. The molecule has 0 aliphatic heterocycles. The standard InChI is InChI=1S/C8H6F2N4/c9-4-1-3-6(2-5(4)10)13-8(12)14-7(3)11/h1-2H,(H4,11,12,13,14). The number of hydrogen-bond donors (Lipinski definition) is 2. The molecule has 0 atom stereocenters. The van der Waals surface area contributed by atoms with Crippen LogP contribution in [0.5, 0.6) is 0 Å². The Morgan fingerprint density at radius 3 is 2.36 bits per heavy atom. The predicted molar refractivity (Wildman–Crippen MR) is 48.3 cm³/mol. The van der Waals surface area contributed by atoms with Crippen molar-refractivity contribution in [1.29, 1.82) is 0 Å². The fraction of sp³-hybridized carbons (Fsp3) is 0.